The normalized spacial score (nSPS) is 26.3. The number of benzene rings is 1. The zero-order chi connectivity index (χ0) is 15.4. The molecular weight excluding hydrogens is 268 g/mol. The van der Waals surface area contributed by atoms with Crippen LogP contribution in [0.15, 0.2) is 18.2 Å². The second kappa shape index (κ2) is 7.35. The summed E-state index contributed by atoms with van der Waals surface area (Å²) >= 11 is 0. The fraction of sp³-hybridized carbons (Fsp3) is 0.667. The predicted molar refractivity (Wildman–Crippen MR) is 83.4 cm³/mol. The van der Waals surface area contributed by atoms with Crippen molar-refractivity contribution >= 4 is 0 Å². The Morgan fingerprint density at radius 2 is 2.00 bits per heavy atom. The van der Waals surface area contributed by atoms with E-state index in [9.17, 15) is 8.78 Å². The Kier molecular flexibility index (Phi) is 5.74. The fourth-order valence-corrected chi connectivity index (χ4v) is 3.51. The van der Waals surface area contributed by atoms with Crippen LogP contribution >= 0.6 is 0 Å². The van der Waals surface area contributed by atoms with Crippen LogP contribution in [0.1, 0.15) is 57.9 Å². The van der Waals surface area contributed by atoms with Crippen molar-refractivity contribution in [3.63, 3.8) is 0 Å². The van der Waals surface area contributed by atoms with E-state index in [1.54, 1.807) is 6.07 Å². The first-order valence-electron chi connectivity index (χ1n) is 8.19. The molecule has 0 spiro atoms. The Balaban J connectivity index is 2.19. The van der Waals surface area contributed by atoms with Gasteiger partial charge in [-0.3, -0.25) is 0 Å². The predicted octanol–water partition coefficient (Wildman–Crippen LogP) is 4.87. The molecule has 3 unspecified atom stereocenters. The highest BCUT2D eigenvalue weighted by molar-refractivity contribution is 5.24. The van der Waals surface area contributed by atoms with E-state index in [1.165, 1.54) is 12.5 Å². The van der Waals surface area contributed by atoms with Gasteiger partial charge < -0.3 is 5.32 Å². The van der Waals surface area contributed by atoms with E-state index < -0.39 is 5.82 Å². The van der Waals surface area contributed by atoms with Crippen molar-refractivity contribution in [1.82, 2.24) is 5.32 Å². The zero-order valence-electron chi connectivity index (χ0n) is 13.3. The molecule has 3 atom stereocenters. The number of halogens is 2. The van der Waals surface area contributed by atoms with Crippen LogP contribution in [0, 0.1) is 23.5 Å². The molecular formula is C18H27F2N. The summed E-state index contributed by atoms with van der Waals surface area (Å²) in [5.41, 5.74) is 0.699. The molecule has 118 valence electrons. The van der Waals surface area contributed by atoms with Gasteiger partial charge in [-0.2, -0.15) is 0 Å². The van der Waals surface area contributed by atoms with Gasteiger partial charge in [0.05, 0.1) is 0 Å². The van der Waals surface area contributed by atoms with Crippen LogP contribution in [0.5, 0.6) is 0 Å². The van der Waals surface area contributed by atoms with Gasteiger partial charge >= 0.3 is 0 Å². The summed E-state index contributed by atoms with van der Waals surface area (Å²) < 4.78 is 27.3. The third-order valence-electron chi connectivity index (χ3n) is 4.83. The Morgan fingerprint density at radius 3 is 2.62 bits per heavy atom. The minimum absolute atomic E-state index is 0.204. The van der Waals surface area contributed by atoms with Crippen molar-refractivity contribution in [2.45, 2.75) is 58.4 Å². The van der Waals surface area contributed by atoms with Gasteiger partial charge in [0.25, 0.3) is 0 Å². The molecule has 0 amide bonds. The number of nitrogens with one attached hydrogen (secondary N) is 1. The highest BCUT2D eigenvalue weighted by Gasteiger charge is 2.32. The van der Waals surface area contributed by atoms with E-state index in [2.05, 4.69) is 26.1 Å². The van der Waals surface area contributed by atoms with Crippen LogP contribution in [0.3, 0.4) is 0 Å². The topological polar surface area (TPSA) is 12.0 Å². The van der Waals surface area contributed by atoms with Crippen molar-refractivity contribution < 1.29 is 8.78 Å². The first kappa shape index (κ1) is 16.4. The minimum Gasteiger partial charge on any atom is -0.314 e. The molecule has 1 nitrogen and oxygen atoms in total. The molecule has 0 radical (unpaired) electrons. The molecule has 0 heterocycles. The lowest BCUT2D eigenvalue weighted by Gasteiger charge is -2.37. The van der Waals surface area contributed by atoms with Crippen LogP contribution in [-0.2, 0) is 0 Å². The second-order valence-corrected chi connectivity index (χ2v) is 6.68. The highest BCUT2D eigenvalue weighted by atomic mass is 19.1. The van der Waals surface area contributed by atoms with Crippen LogP contribution < -0.4 is 5.32 Å². The van der Waals surface area contributed by atoms with Crippen LogP contribution in [0.25, 0.3) is 0 Å². The lowest BCUT2D eigenvalue weighted by molar-refractivity contribution is 0.219. The Labute approximate surface area is 127 Å². The Morgan fingerprint density at radius 1 is 1.24 bits per heavy atom. The van der Waals surface area contributed by atoms with Crippen molar-refractivity contribution in [3.05, 3.63) is 35.4 Å². The van der Waals surface area contributed by atoms with E-state index in [4.69, 9.17) is 0 Å². The van der Waals surface area contributed by atoms with Gasteiger partial charge in [0.15, 0.2) is 0 Å². The summed E-state index contributed by atoms with van der Waals surface area (Å²) in [4.78, 5) is 0. The first-order valence-corrected chi connectivity index (χ1v) is 8.19. The summed E-state index contributed by atoms with van der Waals surface area (Å²) in [5, 5.41) is 3.48. The molecule has 1 N–H and O–H groups in total. The van der Waals surface area contributed by atoms with Gasteiger partial charge in [-0.05, 0) is 48.8 Å². The number of hydrogen-bond donors (Lipinski definition) is 1. The largest absolute Gasteiger partial charge is 0.314 e. The third kappa shape index (κ3) is 4.26. The van der Waals surface area contributed by atoms with Crippen molar-refractivity contribution in [2.75, 3.05) is 6.54 Å². The summed E-state index contributed by atoms with van der Waals surface area (Å²) in [6.45, 7) is 7.38. The summed E-state index contributed by atoms with van der Waals surface area (Å²) in [6, 6.07) is 4.50. The average Bonchev–Trinajstić information content (AvgIpc) is 2.45. The molecule has 0 aromatic heterocycles. The maximum absolute atomic E-state index is 14.2. The molecule has 3 heteroatoms. The van der Waals surface area contributed by atoms with E-state index in [1.807, 2.05) is 0 Å². The molecule has 1 saturated carbocycles. The molecule has 0 bridgehead atoms. The molecule has 1 fully saturated rings. The molecule has 0 saturated heterocycles. The summed E-state index contributed by atoms with van der Waals surface area (Å²) in [7, 11) is 0. The smallest absolute Gasteiger partial charge is 0.129 e. The van der Waals surface area contributed by atoms with E-state index in [0.717, 1.165) is 31.9 Å². The van der Waals surface area contributed by atoms with E-state index in [-0.39, 0.29) is 11.7 Å². The minimum atomic E-state index is -0.490. The number of hydrogen-bond acceptors (Lipinski definition) is 1. The SMILES string of the molecule is CCC1CCC(CNC(C)C)C(c2ccc(F)cc2F)C1. The zero-order valence-corrected chi connectivity index (χ0v) is 13.3. The fourth-order valence-electron chi connectivity index (χ4n) is 3.51. The first-order chi connectivity index (χ1) is 10.0. The summed E-state index contributed by atoms with van der Waals surface area (Å²) in [5.74, 6) is 0.433. The molecule has 1 aromatic carbocycles. The molecule has 1 aliphatic carbocycles. The van der Waals surface area contributed by atoms with Crippen molar-refractivity contribution in [2.24, 2.45) is 11.8 Å². The lowest BCUT2D eigenvalue weighted by Crippen LogP contribution is -2.35. The van der Waals surface area contributed by atoms with Crippen LogP contribution in [0.4, 0.5) is 8.78 Å². The molecule has 2 rings (SSSR count). The van der Waals surface area contributed by atoms with Crippen molar-refractivity contribution in [1.29, 1.82) is 0 Å². The Hall–Kier alpha value is -0.960. The lowest BCUT2D eigenvalue weighted by atomic mass is 9.70. The molecule has 1 aromatic rings. The summed E-state index contributed by atoms with van der Waals surface area (Å²) in [6.07, 6.45) is 4.51. The van der Waals surface area contributed by atoms with Crippen LogP contribution in [0.2, 0.25) is 0 Å². The third-order valence-corrected chi connectivity index (χ3v) is 4.83. The highest BCUT2D eigenvalue weighted by Crippen LogP contribution is 2.42. The van der Waals surface area contributed by atoms with E-state index in [0.29, 0.717) is 23.4 Å². The standard InChI is InChI=1S/C18H27F2N/c1-4-13-5-6-14(11-21-12(2)3)17(9-13)16-8-7-15(19)10-18(16)20/h7-8,10,12-14,17,21H,4-6,9,11H2,1-3H3. The maximum Gasteiger partial charge on any atom is 0.129 e. The van der Waals surface area contributed by atoms with Gasteiger partial charge in [0.2, 0.25) is 0 Å². The maximum atomic E-state index is 14.2. The molecule has 21 heavy (non-hydrogen) atoms. The Bertz CT molecular complexity index is 459. The molecule has 1 aliphatic rings. The van der Waals surface area contributed by atoms with Crippen molar-refractivity contribution in [3.8, 4) is 0 Å². The molecule has 0 aliphatic heterocycles. The average molecular weight is 295 g/mol. The monoisotopic (exact) mass is 295 g/mol. The van der Waals surface area contributed by atoms with E-state index >= 15 is 0 Å². The number of rotatable bonds is 5. The quantitative estimate of drug-likeness (QED) is 0.817. The van der Waals surface area contributed by atoms with Gasteiger partial charge in [0, 0.05) is 12.1 Å². The van der Waals surface area contributed by atoms with Gasteiger partial charge in [0.1, 0.15) is 11.6 Å². The van der Waals surface area contributed by atoms with Gasteiger partial charge in [-0.15, -0.1) is 0 Å². The van der Waals surface area contributed by atoms with Crippen LogP contribution in [-0.4, -0.2) is 12.6 Å². The van der Waals surface area contributed by atoms with Gasteiger partial charge in [-0.25, -0.2) is 8.78 Å². The second-order valence-electron chi connectivity index (χ2n) is 6.68. The van der Waals surface area contributed by atoms with Gasteiger partial charge in [-0.1, -0.05) is 39.7 Å².